The van der Waals surface area contributed by atoms with Gasteiger partial charge in [0, 0.05) is 5.02 Å². The number of hydrogen-bond acceptors (Lipinski definition) is 5. The minimum Gasteiger partial charge on any atom is -0.463 e. The van der Waals surface area contributed by atoms with Gasteiger partial charge in [0.2, 0.25) is 0 Å². The second kappa shape index (κ2) is 9.49. The van der Waals surface area contributed by atoms with Crippen molar-refractivity contribution in [2.45, 2.75) is 39.7 Å². The first-order chi connectivity index (χ1) is 15.8. The number of benzene rings is 2. The number of fused-ring (bicyclic) bond motifs is 1. The molecule has 0 amide bonds. The van der Waals surface area contributed by atoms with Crippen LogP contribution in [0, 0.1) is 0 Å². The third kappa shape index (κ3) is 4.59. The van der Waals surface area contributed by atoms with Gasteiger partial charge < -0.3 is 4.74 Å². The summed E-state index contributed by atoms with van der Waals surface area (Å²) < 4.78 is 7.47. The summed E-state index contributed by atoms with van der Waals surface area (Å²) in [7, 11) is 0. The van der Waals surface area contributed by atoms with Crippen LogP contribution in [0.3, 0.4) is 0 Å². The van der Waals surface area contributed by atoms with Gasteiger partial charge in [0.1, 0.15) is 0 Å². The molecule has 0 spiro atoms. The van der Waals surface area contributed by atoms with Gasteiger partial charge in [-0.15, -0.1) is 0 Å². The Bertz CT molecular complexity index is 1410. The van der Waals surface area contributed by atoms with Crippen molar-refractivity contribution in [2.24, 2.45) is 4.99 Å². The molecule has 1 aliphatic rings. The summed E-state index contributed by atoms with van der Waals surface area (Å²) in [6.07, 6.45) is 1.80. The summed E-state index contributed by atoms with van der Waals surface area (Å²) in [6.45, 7) is 8.05. The highest BCUT2D eigenvalue weighted by atomic mass is 35.5. The Balaban J connectivity index is 1.94. The van der Waals surface area contributed by atoms with Crippen LogP contribution in [0.5, 0.6) is 0 Å². The van der Waals surface area contributed by atoms with Gasteiger partial charge in [-0.1, -0.05) is 73.2 Å². The van der Waals surface area contributed by atoms with Crippen LogP contribution in [-0.4, -0.2) is 17.1 Å². The molecule has 0 bridgehead atoms. The van der Waals surface area contributed by atoms with Gasteiger partial charge in [-0.3, -0.25) is 9.36 Å². The van der Waals surface area contributed by atoms with Crippen molar-refractivity contribution in [3.63, 3.8) is 0 Å². The molecule has 0 unspecified atom stereocenters. The molecule has 4 rings (SSSR count). The second-order valence-corrected chi connectivity index (χ2v) is 9.62. The van der Waals surface area contributed by atoms with Crippen LogP contribution < -0.4 is 14.9 Å². The van der Waals surface area contributed by atoms with E-state index in [0.29, 0.717) is 31.5 Å². The fourth-order valence-electron chi connectivity index (χ4n) is 3.92. The van der Waals surface area contributed by atoms with Crippen LogP contribution in [0.2, 0.25) is 5.02 Å². The molecule has 0 N–H and O–H groups in total. The molecule has 0 fully saturated rings. The predicted octanol–water partition coefficient (Wildman–Crippen LogP) is 4.58. The van der Waals surface area contributed by atoms with Crippen LogP contribution in [0.25, 0.3) is 6.08 Å². The summed E-state index contributed by atoms with van der Waals surface area (Å²) >= 11 is 7.42. The molecular weight excluding hydrogens is 456 g/mol. The summed E-state index contributed by atoms with van der Waals surface area (Å²) in [5.74, 6) is -0.0821. The summed E-state index contributed by atoms with van der Waals surface area (Å²) in [4.78, 5) is 31.7. The van der Waals surface area contributed by atoms with Gasteiger partial charge in [0.15, 0.2) is 4.80 Å². The van der Waals surface area contributed by atoms with Crippen LogP contribution in [0.15, 0.2) is 69.6 Å². The Hall–Kier alpha value is -2.96. The maximum absolute atomic E-state index is 13.6. The van der Waals surface area contributed by atoms with Crippen molar-refractivity contribution in [3.8, 4) is 0 Å². The molecule has 33 heavy (non-hydrogen) atoms. The van der Waals surface area contributed by atoms with Gasteiger partial charge in [-0.05, 0) is 54.7 Å². The lowest BCUT2D eigenvalue weighted by molar-refractivity contribution is -0.139. The number of carbonyl (C=O) groups is 1. The fourth-order valence-corrected chi connectivity index (χ4v) is 5.16. The second-order valence-electron chi connectivity index (χ2n) is 8.18. The topological polar surface area (TPSA) is 60.7 Å². The van der Waals surface area contributed by atoms with E-state index in [2.05, 4.69) is 18.8 Å². The van der Waals surface area contributed by atoms with Crippen molar-refractivity contribution in [3.05, 3.63) is 101 Å². The first-order valence-corrected chi connectivity index (χ1v) is 12.0. The maximum atomic E-state index is 13.6. The smallest absolute Gasteiger partial charge is 0.338 e. The number of carbonyl (C=O) groups excluding carboxylic acids is 1. The van der Waals surface area contributed by atoms with Crippen molar-refractivity contribution in [2.75, 3.05) is 6.61 Å². The molecule has 0 saturated carbocycles. The summed E-state index contributed by atoms with van der Waals surface area (Å²) in [5, 5.41) is 0.597. The highest BCUT2D eigenvalue weighted by Gasteiger charge is 2.33. The number of halogens is 1. The van der Waals surface area contributed by atoms with Gasteiger partial charge in [0.25, 0.3) is 5.56 Å². The molecule has 0 saturated heterocycles. The van der Waals surface area contributed by atoms with Crippen LogP contribution in [0.4, 0.5) is 0 Å². The van der Waals surface area contributed by atoms with E-state index in [-0.39, 0.29) is 12.2 Å². The first-order valence-electron chi connectivity index (χ1n) is 10.8. The third-order valence-corrected chi connectivity index (χ3v) is 6.80. The Morgan fingerprint density at radius 1 is 1.24 bits per heavy atom. The lowest BCUT2D eigenvalue weighted by Gasteiger charge is -2.25. The molecule has 1 aliphatic heterocycles. The highest BCUT2D eigenvalue weighted by molar-refractivity contribution is 7.07. The number of nitrogens with zero attached hydrogens (tertiary/aromatic N) is 2. The Labute approximate surface area is 201 Å². The van der Waals surface area contributed by atoms with Crippen molar-refractivity contribution in [1.82, 2.24) is 4.57 Å². The molecule has 3 aromatic rings. The normalized spacial score (nSPS) is 16.1. The average molecular weight is 481 g/mol. The number of thiazole rings is 1. The Morgan fingerprint density at radius 2 is 1.97 bits per heavy atom. The highest BCUT2D eigenvalue weighted by Crippen LogP contribution is 2.31. The van der Waals surface area contributed by atoms with Crippen LogP contribution in [0.1, 0.15) is 56.3 Å². The van der Waals surface area contributed by atoms with Crippen molar-refractivity contribution >= 4 is 35.0 Å². The van der Waals surface area contributed by atoms with Gasteiger partial charge in [-0.25, -0.2) is 9.79 Å². The maximum Gasteiger partial charge on any atom is 0.338 e. The number of allylic oxidation sites excluding steroid dienone is 1. The van der Waals surface area contributed by atoms with Gasteiger partial charge in [-0.2, -0.15) is 0 Å². The largest absolute Gasteiger partial charge is 0.463 e. The summed E-state index contributed by atoms with van der Waals surface area (Å²) in [6, 6.07) is 14.8. The standard InChI is InChI=1S/C26H25ClN2O3S/c1-5-32-25(31)22-16(4)28-26-29(23(22)19-11-9-18(10-12-19)15(2)3)24(30)21(33-26)14-17-7-6-8-20(27)13-17/h6-15,23H,5H2,1-4H3/b21-14+/t23-/m0/s1. The lowest BCUT2D eigenvalue weighted by atomic mass is 9.93. The van der Waals surface area contributed by atoms with Crippen molar-refractivity contribution < 1.29 is 9.53 Å². The van der Waals surface area contributed by atoms with E-state index in [1.54, 1.807) is 36.6 Å². The number of hydrogen-bond donors (Lipinski definition) is 0. The Morgan fingerprint density at radius 3 is 2.61 bits per heavy atom. The van der Waals surface area contributed by atoms with E-state index >= 15 is 0 Å². The number of aromatic nitrogens is 1. The number of ether oxygens (including phenoxy) is 1. The molecule has 2 heterocycles. The minimum absolute atomic E-state index is 0.203. The molecule has 0 radical (unpaired) electrons. The number of rotatable bonds is 5. The first kappa shape index (κ1) is 23.2. The molecular formula is C26H25ClN2O3S. The van der Waals surface area contributed by atoms with E-state index < -0.39 is 12.0 Å². The lowest BCUT2D eigenvalue weighted by Crippen LogP contribution is -2.39. The monoisotopic (exact) mass is 480 g/mol. The third-order valence-electron chi connectivity index (χ3n) is 5.58. The zero-order valence-corrected chi connectivity index (χ0v) is 20.5. The summed E-state index contributed by atoms with van der Waals surface area (Å²) in [5.41, 5.74) is 3.59. The quantitative estimate of drug-likeness (QED) is 0.502. The van der Waals surface area contributed by atoms with E-state index in [1.807, 2.05) is 36.4 Å². The van der Waals surface area contributed by atoms with Crippen LogP contribution in [-0.2, 0) is 9.53 Å². The molecule has 5 nitrogen and oxygen atoms in total. The SMILES string of the molecule is CCOC(=O)C1=C(C)N=c2s/c(=C/c3cccc(Cl)c3)c(=O)n2[C@H]1c1ccc(C(C)C)cc1. The molecule has 0 aliphatic carbocycles. The zero-order chi connectivity index (χ0) is 23.7. The minimum atomic E-state index is -0.608. The fraction of sp³-hybridized carbons (Fsp3) is 0.269. The predicted molar refractivity (Wildman–Crippen MR) is 132 cm³/mol. The van der Waals surface area contributed by atoms with E-state index in [0.717, 1.165) is 11.1 Å². The molecule has 7 heteroatoms. The van der Waals surface area contributed by atoms with Gasteiger partial charge in [0.05, 0.1) is 28.5 Å². The van der Waals surface area contributed by atoms with Crippen molar-refractivity contribution in [1.29, 1.82) is 0 Å². The molecule has 1 atom stereocenters. The molecule has 170 valence electrons. The average Bonchev–Trinajstić information content (AvgIpc) is 3.07. The Kier molecular flexibility index (Phi) is 6.68. The zero-order valence-electron chi connectivity index (χ0n) is 19.0. The van der Waals surface area contributed by atoms with E-state index in [9.17, 15) is 9.59 Å². The number of esters is 1. The molecule has 2 aromatic carbocycles. The molecule has 1 aromatic heterocycles. The van der Waals surface area contributed by atoms with E-state index in [1.165, 1.54) is 16.9 Å². The van der Waals surface area contributed by atoms with Crippen LogP contribution >= 0.6 is 22.9 Å². The van der Waals surface area contributed by atoms with E-state index in [4.69, 9.17) is 16.3 Å². The van der Waals surface area contributed by atoms with Gasteiger partial charge >= 0.3 is 5.97 Å².